The molecular weight excluding hydrogens is 510 g/mol. The van der Waals surface area contributed by atoms with Crippen molar-refractivity contribution in [2.75, 3.05) is 7.11 Å². The number of ether oxygens (including phenoxy) is 1. The number of methoxy groups -OCH3 is 1. The molecule has 186 valence electrons. The third-order valence-corrected chi connectivity index (χ3v) is 7.93. The average Bonchev–Trinajstić information content (AvgIpc) is 3.17. The quantitative estimate of drug-likeness (QED) is 0.218. The van der Waals surface area contributed by atoms with Crippen LogP contribution in [0.4, 0.5) is 4.79 Å². The smallest absolute Gasteiger partial charge is 0.339 e. The van der Waals surface area contributed by atoms with E-state index in [-0.39, 0.29) is 28.3 Å². The Hall–Kier alpha value is -4.08. The van der Waals surface area contributed by atoms with Crippen molar-refractivity contribution in [3.63, 3.8) is 0 Å². The Morgan fingerprint density at radius 3 is 2.22 bits per heavy atom. The van der Waals surface area contributed by atoms with Crippen molar-refractivity contribution in [2.45, 2.75) is 11.4 Å². The molecule has 0 spiro atoms. The highest BCUT2D eigenvalue weighted by Crippen LogP contribution is 2.34. The molecule has 0 unspecified atom stereocenters. The molecule has 0 bridgehead atoms. The third kappa shape index (κ3) is 5.37. The van der Waals surface area contributed by atoms with Crippen molar-refractivity contribution >= 4 is 49.9 Å². The van der Waals surface area contributed by atoms with Gasteiger partial charge in [0.2, 0.25) is 0 Å². The summed E-state index contributed by atoms with van der Waals surface area (Å²) in [6, 6.07) is 25.8. The number of rotatable bonds is 7. The molecule has 0 N–H and O–H groups in total. The lowest BCUT2D eigenvalue weighted by molar-refractivity contribution is -0.123. The molecule has 4 aromatic rings. The van der Waals surface area contributed by atoms with E-state index in [1.54, 1.807) is 18.2 Å². The number of benzene rings is 4. The summed E-state index contributed by atoms with van der Waals surface area (Å²) in [5.74, 6) is 0.285. The van der Waals surface area contributed by atoms with Gasteiger partial charge >= 0.3 is 10.1 Å². The first-order valence-corrected chi connectivity index (χ1v) is 13.5. The van der Waals surface area contributed by atoms with E-state index >= 15 is 0 Å². The Morgan fingerprint density at radius 1 is 0.838 bits per heavy atom. The number of fused-ring (bicyclic) bond motifs is 1. The van der Waals surface area contributed by atoms with Gasteiger partial charge in [-0.15, -0.1) is 0 Å². The predicted molar refractivity (Wildman–Crippen MR) is 143 cm³/mol. The zero-order valence-electron chi connectivity index (χ0n) is 19.7. The number of amides is 2. The van der Waals surface area contributed by atoms with E-state index in [4.69, 9.17) is 8.92 Å². The molecule has 0 aliphatic carbocycles. The van der Waals surface area contributed by atoms with Crippen molar-refractivity contribution in [3.8, 4) is 11.5 Å². The molecule has 5 rings (SSSR count). The summed E-state index contributed by atoms with van der Waals surface area (Å²) >= 11 is 0.875. The first-order valence-electron chi connectivity index (χ1n) is 11.2. The van der Waals surface area contributed by atoms with Gasteiger partial charge in [0.25, 0.3) is 11.1 Å². The van der Waals surface area contributed by atoms with E-state index in [0.717, 1.165) is 28.1 Å². The van der Waals surface area contributed by atoms with Crippen molar-refractivity contribution in [2.24, 2.45) is 0 Å². The van der Waals surface area contributed by atoms with Crippen LogP contribution in [0.3, 0.4) is 0 Å². The van der Waals surface area contributed by atoms with Crippen LogP contribution in [0.2, 0.25) is 0 Å². The fraction of sp³-hybridized carbons (Fsp3) is 0.0714. The fourth-order valence-corrected chi connectivity index (χ4v) is 5.61. The Kier molecular flexibility index (Phi) is 6.73. The Labute approximate surface area is 218 Å². The molecule has 1 aliphatic rings. The molecule has 1 fully saturated rings. The molecule has 0 aromatic heterocycles. The highest BCUT2D eigenvalue weighted by Gasteiger charge is 2.35. The monoisotopic (exact) mass is 531 g/mol. The standard InChI is InChI=1S/C28H21NO6S2/c1-34-23-12-14-25(15-13-23)37(32,33)35-24-10-7-19(8-11-24)17-26-27(30)29(28(31)36-26)18-20-6-9-21-4-2-3-5-22(21)16-20/h2-17H,18H2,1H3/b26-17-. The molecule has 7 nitrogen and oxygen atoms in total. The van der Waals surface area contributed by atoms with Gasteiger partial charge in [0.1, 0.15) is 16.4 Å². The van der Waals surface area contributed by atoms with E-state index in [2.05, 4.69) is 0 Å². The van der Waals surface area contributed by atoms with Gasteiger partial charge in [0.05, 0.1) is 18.6 Å². The van der Waals surface area contributed by atoms with Gasteiger partial charge < -0.3 is 8.92 Å². The maximum atomic E-state index is 12.9. The summed E-state index contributed by atoms with van der Waals surface area (Å²) < 4.78 is 35.3. The molecule has 37 heavy (non-hydrogen) atoms. The van der Waals surface area contributed by atoms with Gasteiger partial charge in [-0.3, -0.25) is 14.5 Å². The Balaban J connectivity index is 1.28. The molecule has 9 heteroatoms. The largest absolute Gasteiger partial charge is 0.497 e. The maximum absolute atomic E-state index is 12.9. The van der Waals surface area contributed by atoms with Gasteiger partial charge in [0.15, 0.2) is 0 Å². The molecule has 1 saturated heterocycles. The fourth-order valence-electron chi connectivity index (χ4n) is 3.84. The molecule has 4 aromatic carbocycles. The Bertz CT molecular complexity index is 1630. The second-order valence-electron chi connectivity index (χ2n) is 8.23. The van der Waals surface area contributed by atoms with Gasteiger partial charge in [-0.05, 0) is 82.2 Å². The summed E-state index contributed by atoms with van der Waals surface area (Å²) in [4.78, 5) is 27.0. The maximum Gasteiger partial charge on any atom is 0.339 e. The van der Waals surface area contributed by atoms with Crippen LogP contribution in [0, 0.1) is 0 Å². The van der Waals surface area contributed by atoms with Crippen LogP contribution in [-0.2, 0) is 21.5 Å². The summed E-state index contributed by atoms with van der Waals surface area (Å²) in [6.45, 7) is 0.183. The number of carbonyl (C=O) groups is 2. The van der Waals surface area contributed by atoms with Gasteiger partial charge in [0, 0.05) is 0 Å². The number of thioether (sulfide) groups is 1. The van der Waals surface area contributed by atoms with Crippen LogP contribution in [0.1, 0.15) is 11.1 Å². The molecule has 1 aliphatic heterocycles. The van der Waals surface area contributed by atoms with Gasteiger partial charge in [-0.1, -0.05) is 48.5 Å². The predicted octanol–water partition coefficient (Wildman–Crippen LogP) is 5.85. The highest BCUT2D eigenvalue weighted by atomic mass is 32.2. The summed E-state index contributed by atoms with van der Waals surface area (Å²) in [7, 11) is -2.53. The van der Waals surface area contributed by atoms with Gasteiger partial charge in [-0.2, -0.15) is 8.42 Å². The topological polar surface area (TPSA) is 90.0 Å². The second-order valence-corrected chi connectivity index (χ2v) is 10.8. The van der Waals surface area contributed by atoms with Crippen LogP contribution in [0.5, 0.6) is 11.5 Å². The molecule has 0 radical (unpaired) electrons. The minimum atomic E-state index is -4.02. The van der Waals surface area contributed by atoms with E-state index in [9.17, 15) is 18.0 Å². The highest BCUT2D eigenvalue weighted by molar-refractivity contribution is 8.18. The van der Waals surface area contributed by atoms with Crippen LogP contribution < -0.4 is 8.92 Å². The first-order chi connectivity index (χ1) is 17.8. The summed E-state index contributed by atoms with van der Waals surface area (Å²) in [5.41, 5.74) is 1.49. The zero-order chi connectivity index (χ0) is 26.0. The van der Waals surface area contributed by atoms with Crippen LogP contribution in [-0.4, -0.2) is 31.6 Å². The van der Waals surface area contributed by atoms with E-state index in [1.165, 1.54) is 48.4 Å². The average molecular weight is 532 g/mol. The molecule has 2 amide bonds. The van der Waals surface area contributed by atoms with Crippen LogP contribution in [0.25, 0.3) is 16.8 Å². The normalized spacial score (nSPS) is 14.9. The number of nitrogens with zero attached hydrogens (tertiary/aromatic N) is 1. The SMILES string of the molecule is COc1ccc(S(=O)(=O)Oc2ccc(/C=C3\SC(=O)N(Cc4ccc5ccccc5c4)C3=O)cc2)cc1. The van der Waals surface area contributed by atoms with E-state index < -0.39 is 10.1 Å². The molecule has 0 saturated carbocycles. The first kappa shape index (κ1) is 24.6. The minimum Gasteiger partial charge on any atom is -0.497 e. The minimum absolute atomic E-state index is 0.00235. The second kappa shape index (κ2) is 10.1. The number of hydrogen-bond donors (Lipinski definition) is 0. The lowest BCUT2D eigenvalue weighted by Crippen LogP contribution is -2.27. The lowest BCUT2D eigenvalue weighted by atomic mass is 10.1. The lowest BCUT2D eigenvalue weighted by Gasteiger charge is -2.13. The third-order valence-electron chi connectivity index (χ3n) is 5.76. The number of carbonyl (C=O) groups excluding carboxylic acids is 2. The summed E-state index contributed by atoms with van der Waals surface area (Å²) in [5, 5.41) is 1.79. The van der Waals surface area contributed by atoms with Crippen molar-refractivity contribution < 1.29 is 26.9 Å². The van der Waals surface area contributed by atoms with Crippen molar-refractivity contribution in [1.82, 2.24) is 4.90 Å². The van der Waals surface area contributed by atoms with Gasteiger partial charge in [-0.25, -0.2) is 0 Å². The molecular formula is C28H21NO6S2. The number of imide groups is 1. The molecule has 0 atom stereocenters. The summed E-state index contributed by atoms with van der Waals surface area (Å²) in [6.07, 6.45) is 1.60. The number of hydrogen-bond acceptors (Lipinski definition) is 7. The van der Waals surface area contributed by atoms with Crippen molar-refractivity contribution in [3.05, 3.63) is 107 Å². The van der Waals surface area contributed by atoms with Crippen molar-refractivity contribution in [1.29, 1.82) is 0 Å². The van der Waals surface area contributed by atoms with E-state index in [0.29, 0.717) is 16.2 Å². The Morgan fingerprint density at radius 2 is 1.51 bits per heavy atom. The molecule has 1 heterocycles. The zero-order valence-corrected chi connectivity index (χ0v) is 21.3. The van der Waals surface area contributed by atoms with Crippen LogP contribution >= 0.6 is 11.8 Å². The van der Waals surface area contributed by atoms with E-state index in [1.807, 2.05) is 42.5 Å². The van der Waals surface area contributed by atoms with Crippen LogP contribution in [0.15, 0.2) is 101 Å².